The summed E-state index contributed by atoms with van der Waals surface area (Å²) < 4.78 is 0. The van der Waals surface area contributed by atoms with Gasteiger partial charge in [0.15, 0.2) is 0 Å². The van der Waals surface area contributed by atoms with Crippen molar-refractivity contribution in [3.63, 3.8) is 0 Å². The van der Waals surface area contributed by atoms with E-state index in [9.17, 15) is 10.1 Å². The van der Waals surface area contributed by atoms with Gasteiger partial charge in [-0.25, -0.2) is 4.98 Å². The zero-order valence-electron chi connectivity index (χ0n) is 11.7. The van der Waals surface area contributed by atoms with Gasteiger partial charge in [0.05, 0.1) is 16.0 Å². The van der Waals surface area contributed by atoms with Crippen LogP contribution >= 0.6 is 0 Å². The number of benzene rings is 1. The molecule has 0 aliphatic rings. The Bertz CT molecular complexity index is 595. The zero-order chi connectivity index (χ0) is 14.5. The number of hydrogen-bond donors (Lipinski definition) is 2. The quantitative estimate of drug-likeness (QED) is 0.458. The Kier molecular flexibility index (Phi) is 4.52. The summed E-state index contributed by atoms with van der Waals surface area (Å²) in [6.45, 7) is 7.60. The standard InChI is InChI=1S/C13H19N5O2/c1-3-14-7-8-17(4-2)13-15-11-6-5-10(18(19)20)9-12(11)16-13/h5-6,9,14H,3-4,7-8H2,1-2H3,(H,15,16). The second-order valence-corrected chi connectivity index (χ2v) is 4.45. The monoisotopic (exact) mass is 277 g/mol. The van der Waals surface area contributed by atoms with Crippen molar-refractivity contribution in [2.75, 3.05) is 31.1 Å². The van der Waals surface area contributed by atoms with Crippen molar-refractivity contribution in [2.45, 2.75) is 13.8 Å². The number of hydrogen-bond acceptors (Lipinski definition) is 5. The largest absolute Gasteiger partial charge is 0.341 e. The molecule has 1 aromatic heterocycles. The van der Waals surface area contributed by atoms with Crippen molar-refractivity contribution in [3.8, 4) is 0 Å². The summed E-state index contributed by atoms with van der Waals surface area (Å²) in [5, 5.41) is 14.0. The van der Waals surface area contributed by atoms with E-state index in [4.69, 9.17) is 0 Å². The summed E-state index contributed by atoms with van der Waals surface area (Å²) in [5.74, 6) is 0.751. The maximum Gasteiger partial charge on any atom is 0.271 e. The molecular weight excluding hydrogens is 258 g/mol. The van der Waals surface area contributed by atoms with Gasteiger partial charge in [-0.05, 0) is 19.5 Å². The molecule has 0 amide bonds. The molecule has 2 N–H and O–H groups in total. The van der Waals surface area contributed by atoms with Crippen molar-refractivity contribution < 1.29 is 4.92 Å². The molecule has 0 aliphatic carbocycles. The van der Waals surface area contributed by atoms with E-state index in [-0.39, 0.29) is 5.69 Å². The number of likely N-dealkylation sites (N-methyl/N-ethyl adjacent to an activating group) is 2. The number of non-ortho nitro benzene ring substituents is 1. The number of aromatic amines is 1. The Hall–Kier alpha value is -2.15. The number of rotatable bonds is 7. The Balaban J connectivity index is 2.23. The molecule has 0 atom stereocenters. The first-order chi connectivity index (χ1) is 9.65. The smallest absolute Gasteiger partial charge is 0.271 e. The highest BCUT2D eigenvalue weighted by molar-refractivity contribution is 5.80. The lowest BCUT2D eigenvalue weighted by molar-refractivity contribution is -0.384. The van der Waals surface area contributed by atoms with E-state index in [1.54, 1.807) is 6.07 Å². The van der Waals surface area contributed by atoms with Gasteiger partial charge in [-0.1, -0.05) is 6.92 Å². The van der Waals surface area contributed by atoms with Crippen LogP contribution in [-0.2, 0) is 0 Å². The zero-order valence-corrected chi connectivity index (χ0v) is 11.7. The van der Waals surface area contributed by atoms with Gasteiger partial charge in [0.1, 0.15) is 0 Å². The van der Waals surface area contributed by atoms with Crippen LogP contribution in [0.5, 0.6) is 0 Å². The lowest BCUT2D eigenvalue weighted by Gasteiger charge is -2.19. The molecule has 0 bridgehead atoms. The lowest BCUT2D eigenvalue weighted by atomic mass is 10.3. The molecule has 2 aromatic rings. The highest BCUT2D eigenvalue weighted by atomic mass is 16.6. The third kappa shape index (κ3) is 3.05. The number of nitro benzene ring substituents is 1. The second-order valence-electron chi connectivity index (χ2n) is 4.45. The summed E-state index contributed by atoms with van der Waals surface area (Å²) in [4.78, 5) is 20.1. The Labute approximate surface area is 117 Å². The van der Waals surface area contributed by atoms with Gasteiger partial charge in [0, 0.05) is 31.8 Å². The molecular formula is C13H19N5O2. The predicted octanol–water partition coefficient (Wildman–Crippen LogP) is 1.91. The van der Waals surface area contributed by atoms with Crippen molar-refractivity contribution in [3.05, 3.63) is 28.3 Å². The van der Waals surface area contributed by atoms with E-state index >= 15 is 0 Å². The van der Waals surface area contributed by atoms with Crippen molar-refractivity contribution in [1.82, 2.24) is 15.3 Å². The fraction of sp³-hybridized carbons (Fsp3) is 0.462. The molecule has 0 saturated heterocycles. The maximum atomic E-state index is 10.8. The van der Waals surface area contributed by atoms with Crippen LogP contribution in [-0.4, -0.2) is 41.1 Å². The molecule has 0 radical (unpaired) electrons. The van der Waals surface area contributed by atoms with Gasteiger partial charge in [-0.2, -0.15) is 0 Å². The first kappa shape index (κ1) is 14.3. The molecule has 0 fully saturated rings. The van der Waals surface area contributed by atoms with E-state index < -0.39 is 4.92 Å². The Morgan fingerprint density at radius 1 is 1.45 bits per heavy atom. The number of aromatic nitrogens is 2. The molecule has 2 rings (SSSR count). The molecule has 0 spiro atoms. The predicted molar refractivity (Wildman–Crippen MR) is 79.2 cm³/mol. The number of nitrogens with zero attached hydrogens (tertiary/aromatic N) is 3. The summed E-state index contributed by atoms with van der Waals surface area (Å²) in [6.07, 6.45) is 0. The van der Waals surface area contributed by atoms with E-state index in [0.717, 1.165) is 37.6 Å². The summed E-state index contributed by atoms with van der Waals surface area (Å²) in [7, 11) is 0. The number of nitrogens with one attached hydrogen (secondary N) is 2. The van der Waals surface area contributed by atoms with Crippen LogP contribution in [0.15, 0.2) is 18.2 Å². The first-order valence-corrected chi connectivity index (χ1v) is 6.75. The molecule has 0 saturated carbocycles. The normalized spacial score (nSPS) is 10.9. The van der Waals surface area contributed by atoms with E-state index in [2.05, 4.69) is 34.0 Å². The summed E-state index contributed by atoms with van der Waals surface area (Å²) in [6, 6.07) is 4.66. The molecule has 1 heterocycles. The van der Waals surface area contributed by atoms with Crippen LogP contribution in [0.2, 0.25) is 0 Å². The number of imidazole rings is 1. The van der Waals surface area contributed by atoms with Crippen molar-refractivity contribution in [2.24, 2.45) is 0 Å². The molecule has 1 aromatic carbocycles. The van der Waals surface area contributed by atoms with E-state index in [0.29, 0.717) is 5.52 Å². The third-order valence-electron chi connectivity index (χ3n) is 3.15. The summed E-state index contributed by atoms with van der Waals surface area (Å²) >= 11 is 0. The molecule has 20 heavy (non-hydrogen) atoms. The summed E-state index contributed by atoms with van der Waals surface area (Å²) in [5.41, 5.74) is 1.51. The van der Waals surface area contributed by atoms with Gasteiger partial charge in [-0.3, -0.25) is 10.1 Å². The molecule has 7 heteroatoms. The van der Waals surface area contributed by atoms with Crippen LogP contribution < -0.4 is 10.2 Å². The fourth-order valence-corrected chi connectivity index (χ4v) is 2.05. The third-order valence-corrected chi connectivity index (χ3v) is 3.15. The van der Waals surface area contributed by atoms with Crippen molar-refractivity contribution in [1.29, 1.82) is 0 Å². The average molecular weight is 277 g/mol. The first-order valence-electron chi connectivity index (χ1n) is 6.75. The minimum atomic E-state index is -0.400. The van der Waals surface area contributed by atoms with Crippen LogP contribution in [0.25, 0.3) is 11.0 Å². The number of anilines is 1. The lowest BCUT2D eigenvalue weighted by Crippen LogP contribution is -2.32. The van der Waals surface area contributed by atoms with Crippen LogP contribution in [0.3, 0.4) is 0 Å². The van der Waals surface area contributed by atoms with Crippen LogP contribution in [0.1, 0.15) is 13.8 Å². The Morgan fingerprint density at radius 3 is 2.90 bits per heavy atom. The van der Waals surface area contributed by atoms with Crippen LogP contribution in [0.4, 0.5) is 11.6 Å². The molecule has 7 nitrogen and oxygen atoms in total. The average Bonchev–Trinajstić information content (AvgIpc) is 2.86. The molecule has 0 unspecified atom stereocenters. The van der Waals surface area contributed by atoms with Gasteiger partial charge in [0.25, 0.3) is 5.69 Å². The number of H-pyrrole nitrogens is 1. The minimum Gasteiger partial charge on any atom is -0.341 e. The Morgan fingerprint density at radius 2 is 2.25 bits per heavy atom. The SMILES string of the molecule is CCNCCN(CC)c1nc2ccc([N+](=O)[O-])cc2[nH]1. The number of fused-ring (bicyclic) bond motifs is 1. The molecule has 108 valence electrons. The topological polar surface area (TPSA) is 87.1 Å². The van der Waals surface area contributed by atoms with Gasteiger partial charge >= 0.3 is 0 Å². The minimum absolute atomic E-state index is 0.0726. The maximum absolute atomic E-state index is 10.8. The number of nitro groups is 1. The second kappa shape index (κ2) is 6.33. The highest BCUT2D eigenvalue weighted by Crippen LogP contribution is 2.21. The van der Waals surface area contributed by atoms with Crippen LogP contribution in [0, 0.1) is 10.1 Å². The van der Waals surface area contributed by atoms with Gasteiger partial charge in [-0.15, -0.1) is 0 Å². The highest BCUT2D eigenvalue weighted by Gasteiger charge is 2.12. The molecule has 0 aliphatic heterocycles. The van der Waals surface area contributed by atoms with Crippen molar-refractivity contribution >= 4 is 22.7 Å². The van der Waals surface area contributed by atoms with E-state index in [1.165, 1.54) is 12.1 Å². The fourth-order valence-electron chi connectivity index (χ4n) is 2.05. The van der Waals surface area contributed by atoms with Gasteiger partial charge in [0.2, 0.25) is 5.95 Å². The van der Waals surface area contributed by atoms with Gasteiger partial charge < -0.3 is 15.2 Å². The van der Waals surface area contributed by atoms with E-state index in [1.807, 2.05) is 0 Å².